The third-order valence-corrected chi connectivity index (χ3v) is 3.31. The van der Waals surface area contributed by atoms with Crippen molar-refractivity contribution in [2.45, 2.75) is 38.1 Å². The van der Waals surface area contributed by atoms with E-state index in [0.29, 0.717) is 6.42 Å². The minimum Gasteiger partial charge on any atom is -0.471 e. The smallest absolute Gasteiger partial charge is 0.218 e. The van der Waals surface area contributed by atoms with E-state index in [1.165, 1.54) is 12.4 Å². The molecule has 0 aliphatic heterocycles. The molecule has 0 aromatic carbocycles. The summed E-state index contributed by atoms with van der Waals surface area (Å²) in [4.78, 5) is 7.56. The SMILES string of the molecule is CC[C@H]1C[C@@H](Oc2cc(Cl)ncn2)[C@H](F)[C@@H]1O. The molecule has 1 N–H and O–H groups in total. The van der Waals surface area contributed by atoms with Gasteiger partial charge in [-0.15, -0.1) is 0 Å². The van der Waals surface area contributed by atoms with Crippen LogP contribution in [0.3, 0.4) is 0 Å². The summed E-state index contributed by atoms with van der Waals surface area (Å²) in [5, 5.41) is 9.89. The van der Waals surface area contributed by atoms with Crippen molar-refractivity contribution < 1.29 is 14.2 Å². The molecule has 0 radical (unpaired) electrons. The van der Waals surface area contributed by atoms with Gasteiger partial charge in [-0.05, 0) is 12.3 Å². The van der Waals surface area contributed by atoms with Crippen molar-refractivity contribution in [2.24, 2.45) is 5.92 Å². The average molecular weight is 261 g/mol. The topological polar surface area (TPSA) is 55.2 Å². The van der Waals surface area contributed by atoms with Crippen LogP contribution in [-0.4, -0.2) is 33.5 Å². The maximum absolute atomic E-state index is 13.8. The number of ether oxygens (including phenoxy) is 1. The molecule has 0 spiro atoms. The molecule has 1 aromatic rings. The molecule has 94 valence electrons. The summed E-state index contributed by atoms with van der Waals surface area (Å²) in [6.07, 6.45) is -0.531. The quantitative estimate of drug-likeness (QED) is 0.845. The Morgan fingerprint density at radius 2 is 2.35 bits per heavy atom. The normalized spacial score (nSPS) is 32.7. The molecule has 0 bridgehead atoms. The first-order valence-electron chi connectivity index (χ1n) is 5.58. The summed E-state index contributed by atoms with van der Waals surface area (Å²) in [6.45, 7) is 1.92. The van der Waals surface area contributed by atoms with Crippen molar-refractivity contribution >= 4 is 11.6 Å². The molecule has 1 aromatic heterocycles. The second-order valence-electron chi connectivity index (χ2n) is 4.17. The Kier molecular flexibility index (Phi) is 3.79. The predicted molar refractivity (Wildman–Crippen MR) is 60.8 cm³/mol. The highest BCUT2D eigenvalue weighted by molar-refractivity contribution is 6.29. The fourth-order valence-electron chi connectivity index (χ4n) is 2.11. The Hall–Kier alpha value is -0.940. The molecule has 4 nitrogen and oxygen atoms in total. The summed E-state index contributed by atoms with van der Waals surface area (Å²) in [7, 11) is 0. The van der Waals surface area contributed by atoms with Gasteiger partial charge in [0.25, 0.3) is 0 Å². The summed E-state index contributed by atoms with van der Waals surface area (Å²) < 4.78 is 19.2. The lowest BCUT2D eigenvalue weighted by Crippen LogP contribution is -2.30. The first-order valence-corrected chi connectivity index (χ1v) is 5.96. The fourth-order valence-corrected chi connectivity index (χ4v) is 2.24. The first-order chi connectivity index (χ1) is 8.11. The van der Waals surface area contributed by atoms with Crippen LogP contribution in [0.2, 0.25) is 5.15 Å². The number of halogens is 2. The van der Waals surface area contributed by atoms with Crippen LogP contribution in [0.15, 0.2) is 12.4 Å². The van der Waals surface area contributed by atoms with E-state index in [0.717, 1.165) is 6.42 Å². The van der Waals surface area contributed by atoms with E-state index in [1.807, 2.05) is 6.92 Å². The molecular weight excluding hydrogens is 247 g/mol. The standard InChI is InChI=1S/C11H14ClFN2O2/c1-2-6-3-7(10(13)11(6)16)17-9-4-8(12)14-5-15-9/h4-7,10-11,16H,2-3H2,1H3/t6-,7+,10-,11+/m0/s1. The maximum atomic E-state index is 13.8. The largest absolute Gasteiger partial charge is 0.471 e. The summed E-state index contributed by atoms with van der Waals surface area (Å²) >= 11 is 5.68. The summed E-state index contributed by atoms with van der Waals surface area (Å²) in [6, 6.07) is 1.43. The Bertz CT molecular complexity index is 393. The zero-order valence-corrected chi connectivity index (χ0v) is 10.1. The van der Waals surface area contributed by atoms with E-state index in [9.17, 15) is 9.50 Å². The van der Waals surface area contributed by atoms with Crippen molar-refractivity contribution in [3.63, 3.8) is 0 Å². The number of rotatable bonds is 3. The molecule has 0 saturated heterocycles. The van der Waals surface area contributed by atoms with Gasteiger partial charge in [0.1, 0.15) is 17.6 Å². The van der Waals surface area contributed by atoms with E-state index in [2.05, 4.69) is 9.97 Å². The van der Waals surface area contributed by atoms with Crippen LogP contribution in [-0.2, 0) is 0 Å². The number of alkyl halides is 1. The van der Waals surface area contributed by atoms with Gasteiger partial charge < -0.3 is 9.84 Å². The Labute approximate surface area is 104 Å². The Morgan fingerprint density at radius 3 is 2.94 bits per heavy atom. The second kappa shape index (κ2) is 5.14. The minimum atomic E-state index is -1.38. The molecule has 1 aliphatic carbocycles. The summed E-state index contributed by atoms with van der Waals surface area (Å²) in [5.41, 5.74) is 0. The first kappa shape index (κ1) is 12.5. The van der Waals surface area contributed by atoms with Crippen LogP contribution >= 0.6 is 11.6 Å². The number of nitrogens with zero attached hydrogens (tertiary/aromatic N) is 2. The van der Waals surface area contributed by atoms with E-state index in [1.54, 1.807) is 0 Å². The van der Waals surface area contributed by atoms with Gasteiger partial charge in [-0.25, -0.2) is 14.4 Å². The van der Waals surface area contributed by atoms with Gasteiger partial charge in [0.05, 0.1) is 6.10 Å². The maximum Gasteiger partial charge on any atom is 0.218 e. The van der Waals surface area contributed by atoms with Crippen molar-refractivity contribution in [3.05, 3.63) is 17.5 Å². The second-order valence-corrected chi connectivity index (χ2v) is 4.56. The van der Waals surface area contributed by atoms with Gasteiger partial charge in [0.15, 0.2) is 6.17 Å². The predicted octanol–water partition coefficient (Wildman–Crippen LogP) is 2.01. The van der Waals surface area contributed by atoms with Crippen LogP contribution in [0.5, 0.6) is 5.88 Å². The van der Waals surface area contributed by atoms with E-state index >= 15 is 0 Å². The molecule has 1 heterocycles. The van der Waals surface area contributed by atoms with Gasteiger partial charge >= 0.3 is 0 Å². The molecule has 17 heavy (non-hydrogen) atoms. The van der Waals surface area contributed by atoms with Crippen LogP contribution in [0, 0.1) is 5.92 Å². The molecular formula is C11H14ClFN2O2. The molecule has 1 fully saturated rings. The molecule has 1 saturated carbocycles. The van der Waals surface area contributed by atoms with Crippen molar-refractivity contribution in [1.29, 1.82) is 0 Å². The van der Waals surface area contributed by atoms with Crippen molar-refractivity contribution in [1.82, 2.24) is 9.97 Å². The Morgan fingerprint density at radius 1 is 1.59 bits per heavy atom. The molecule has 0 unspecified atom stereocenters. The monoisotopic (exact) mass is 260 g/mol. The number of hydrogen-bond acceptors (Lipinski definition) is 4. The van der Waals surface area contributed by atoms with Crippen LogP contribution in [0.4, 0.5) is 4.39 Å². The molecule has 6 heteroatoms. The van der Waals surface area contributed by atoms with Gasteiger partial charge in [-0.1, -0.05) is 24.9 Å². The van der Waals surface area contributed by atoms with E-state index in [-0.39, 0.29) is 17.0 Å². The van der Waals surface area contributed by atoms with E-state index < -0.39 is 18.4 Å². The zero-order chi connectivity index (χ0) is 12.4. The number of aromatic nitrogens is 2. The van der Waals surface area contributed by atoms with Gasteiger partial charge in [0.2, 0.25) is 5.88 Å². The molecule has 1 aliphatic rings. The summed E-state index contributed by atoms with van der Waals surface area (Å²) in [5.74, 6) is 0.175. The van der Waals surface area contributed by atoms with Crippen LogP contribution < -0.4 is 4.74 Å². The lowest BCUT2D eigenvalue weighted by Gasteiger charge is -2.15. The van der Waals surface area contributed by atoms with Gasteiger partial charge in [-0.3, -0.25) is 0 Å². The highest BCUT2D eigenvalue weighted by atomic mass is 35.5. The van der Waals surface area contributed by atoms with Gasteiger partial charge in [-0.2, -0.15) is 0 Å². The third-order valence-electron chi connectivity index (χ3n) is 3.10. The zero-order valence-electron chi connectivity index (χ0n) is 9.38. The lowest BCUT2D eigenvalue weighted by molar-refractivity contribution is 0.0339. The third kappa shape index (κ3) is 2.66. The molecule has 4 atom stereocenters. The van der Waals surface area contributed by atoms with Crippen LogP contribution in [0.1, 0.15) is 19.8 Å². The lowest BCUT2D eigenvalue weighted by atomic mass is 10.0. The Balaban J connectivity index is 2.05. The fraction of sp³-hybridized carbons (Fsp3) is 0.636. The molecule has 0 amide bonds. The number of aliphatic hydroxyl groups is 1. The number of aliphatic hydroxyl groups excluding tert-OH is 1. The highest BCUT2D eigenvalue weighted by Crippen LogP contribution is 2.33. The van der Waals surface area contributed by atoms with E-state index in [4.69, 9.17) is 16.3 Å². The van der Waals surface area contributed by atoms with Crippen molar-refractivity contribution in [2.75, 3.05) is 0 Å². The van der Waals surface area contributed by atoms with Crippen molar-refractivity contribution in [3.8, 4) is 5.88 Å². The average Bonchev–Trinajstić information content (AvgIpc) is 2.57. The van der Waals surface area contributed by atoms with Gasteiger partial charge in [0, 0.05) is 6.07 Å². The minimum absolute atomic E-state index is 0.0627. The number of hydrogen-bond donors (Lipinski definition) is 1. The highest BCUT2D eigenvalue weighted by Gasteiger charge is 2.43. The molecule has 2 rings (SSSR count). The van der Waals surface area contributed by atoms with Crippen LogP contribution in [0.25, 0.3) is 0 Å².